The third-order valence-electron chi connectivity index (χ3n) is 3.57. The number of anilines is 1. The van der Waals surface area contributed by atoms with Crippen LogP contribution in [0.4, 0.5) is 5.82 Å². The van der Waals surface area contributed by atoms with Gasteiger partial charge in [-0.05, 0) is 36.2 Å². The Kier molecular flexibility index (Phi) is 5.32. The molecule has 23 heavy (non-hydrogen) atoms. The predicted molar refractivity (Wildman–Crippen MR) is 88.0 cm³/mol. The monoisotopic (exact) mass is 309 g/mol. The van der Waals surface area contributed by atoms with Crippen LogP contribution in [0, 0.1) is 24.2 Å². The Morgan fingerprint density at radius 1 is 1.39 bits per heavy atom. The van der Waals surface area contributed by atoms with E-state index in [-0.39, 0.29) is 0 Å². The molecule has 1 aromatic heterocycles. The van der Waals surface area contributed by atoms with Crippen LogP contribution in [0.15, 0.2) is 42.6 Å². The number of pyridine rings is 1. The van der Waals surface area contributed by atoms with E-state index in [1.165, 1.54) is 0 Å². The normalized spacial score (nSPS) is 11.5. The highest BCUT2D eigenvalue weighted by atomic mass is 16.4. The quantitative estimate of drug-likeness (QED) is 0.887. The lowest BCUT2D eigenvalue weighted by Crippen LogP contribution is -2.32. The maximum atomic E-state index is 11.2. The molecular weight excluding hydrogens is 290 g/mol. The number of carboxylic acid groups (broad SMARTS) is 1. The van der Waals surface area contributed by atoms with Crippen LogP contribution >= 0.6 is 0 Å². The molecule has 0 spiro atoms. The Hall–Kier alpha value is -2.87. The number of rotatable bonds is 6. The highest BCUT2D eigenvalue weighted by molar-refractivity contribution is 5.70. The van der Waals surface area contributed by atoms with Gasteiger partial charge in [0.15, 0.2) is 0 Å². The van der Waals surface area contributed by atoms with Crippen LogP contribution in [0.3, 0.4) is 0 Å². The average molecular weight is 309 g/mol. The van der Waals surface area contributed by atoms with Gasteiger partial charge in [0.2, 0.25) is 0 Å². The number of benzene rings is 1. The van der Waals surface area contributed by atoms with E-state index in [0.717, 1.165) is 16.9 Å². The third kappa shape index (κ3) is 4.55. The van der Waals surface area contributed by atoms with Gasteiger partial charge in [-0.15, -0.1) is 0 Å². The van der Waals surface area contributed by atoms with Crippen LogP contribution in [0.1, 0.15) is 23.6 Å². The number of nitriles is 1. The van der Waals surface area contributed by atoms with Crippen LogP contribution < -0.4 is 4.90 Å². The lowest BCUT2D eigenvalue weighted by Gasteiger charge is -2.26. The molecule has 0 aliphatic heterocycles. The molecule has 2 rings (SSSR count). The fourth-order valence-electron chi connectivity index (χ4n) is 2.25. The van der Waals surface area contributed by atoms with E-state index in [1.807, 2.05) is 42.2 Å². The molecule has 1 unspecified atom stereocenters. The zero-order valence-electron chi connectivity index (χ0n) is 13.2. The summed E-state index contributed by atoms with van der Waals surface area (Å²) in [6.07, 6.45) is 1.76. The highest BCUT2D eigenvalue weighted by Gasteiger charge is 2.18. The molecule has 1 atom stereocenters. The summed E-state index contributed by atoms with van der Waals surface area (Å²) in [5.74, 6) is -0.629. The van der Waals surface area contributed by atoms with Crippen molar-refractivity contribution >= 4 is 11.8 Å². The van der Waals surface area contributed by atoms with E-state index in [2.05, 4.69) is 11.1 Å². The molecule has 1 N–H and O–H groups in total. The van der Waals surface area contributed by atoms with Gasteiger partial charge in [0, 0.05) is 19.3 Å². The van der Waals surface area contributed by atoms with Crippen molar-refractivity contribution in [3.63, 3.8) is 0 Å². The molecule has 0 saturated heterocycles. The molecule has 0 aliphatic rings. The van der Waals surface area contributed by atoms with Crippen LogP contribution in [-0.4, -0.2) is 22.6 Å². The zero-order valence-corrected chi connectivity index (χ0v) is 13.2. The largest absolute Gasteiger partial charge is 0.481 e. The average Bonchev–Trinajstić information content (AvgIpc) is 2.55. The molecule has 5 heteroatoms. The van der Waals surface area contributed by atoms with E-state index >= 15 is 0 Å². The van der Waals surface area contributed by atoms with Crippen molar-refractivity contribution in [2.24, 2.45) is 5.92 Å². The van der Waals surface area contributed by atoms with Crippen molar-refractivity contribution in [2.75, 3.05) is 11.4 Å². The van der Waals surface area contributed by atoms with Gasteiger partial charge >= 0.3 is 5.97 Å². The van der Waals surface area contributed by atoms with Gasteiger partial charge in [-0.25, -0.2) is 4.98 Å². The first-order chi connectivity index (χ1) is 11.0. The topological polar surface area (TPSA) is 77.2 Å². The molecule has 1 aromatic carbocycles. The Bertz CT molecular complexity index is 720. The number of nitrogens with zero attached hydrogens (tertiary/aromatic N) is 3. The zero-order chi connectivity index (χ0) is 16.8. The smallest absolute Gasteiger partial charge is 0.308 e. The molecule has 1 heterocycles. The van der Waals surface area contributed by atoms with Crippen molar-refractivity contribution in [1.29, 1.82) is 5.26 Å². The van der Waals surface area contributed by atoms with E-state index < -0.39 is 11.9 Å². The fourth-order valence-corrected chi connectivity index (χ4v) is 2.25. The Labute approximate surface area is 135 Å². The van der Waals surface area contributed by atoms with Gasteiger partial charge in [-0.3, -0.25) is 4.79 Å². The maximum absolute atomic E-state index is 11.2. The standard InChI is InChI=1S/C18H19N3O2/c1-13-6-7-17(20-10-13)21(11-14(2)18(22)23)12-16-5-3-4-15(8-16)9-19/h3-8,10,14H,11-12H2,1-2H3,(H,22,23). The summed E-state index contributed by atoms with van der Waals surface area (Å²) < 4.78 is 0. The van der Waals surface area contributed by atoms with Crippen molar-refractivity contribution in [2.45, 2.75) is 20.4 Å². The Morgan fingerprint density at radius 2 is 2.17 bits per heavy atom. The highest BCUT2D eigenvalue weighted by Crippen LogP contribution is 2.18. The molecule has 0 saturated carbocycles. The maximum Gasteiger partial charge on any atom is 0.308 e. The summed E-state index contributed by atoms with van der Waals surface area (Å²) in [7, 11) is 0. The third-order valence-corrected chi connectivity index (χ3v) is 3.57. The minimum atomic E-state index is -0.840. The minimum absolute atomic E-state index is 0.349. The Balaban J connectivity index is 2.27. The van der Waals surface area contributed by atoms with Crippen molar-refractivity contribution in [3.8, 4) is 6.07 Å². The first kappa shape index (κ1) is 16.5. The minimum Gasteiger partial charge on any atom is -0.481 e. The molecule has 118 valence electrons. The number of hydrogen-bond acceptors (Lipinski definition) is 4. The lowest BCUT2D eigenvalue weighted by molar-refractivity contribution is -0.140. The second-order valence-electron chi connectivity index (χ2n) is 5.63. The van der Waals surface area contributed by atoms with Gasteiger partial charge in [-0.1, -0.05) is 25.1 Å². The number of aryl methyl sites for hydroxylation is 1. The van der Waals surface area contributed by atoms with Gasteiger partial charge < -0.3 is 10.0 Å². The number of carbonyl (C=O) groups is 1. The van der Waals surface area contributed by atoms with Crippen molar-refractivity contribution < 1.29 is 9.90 Å². The first-order valence-electron chi connectivity index (χ1n) is 7.39. The van der Waals surface area contributed by atoms with E-state index in [1.54, 1.807) is 19.2 Å². The number of aromatic nitrogens is 1. The molecule has 0 radical (unpaired) electrons. The van der Waals surface area contributed by atoms with E-state index in [4.69, 9.17) is 5.26 Å². The van der Waals surface area contributed by atoms with Gasteiger partial charge in [0.1, 0.15) is 5.82 Å². The van der Waals surface area contributed by atoms with Gasteiger partial charge in [-0.2, -0.15) is 5.26 Å². The number of hydrogen-bond donors (Lipinski definition) is 1. The molecule has 2 aromatic rings. The molecule has 0 aliphatic carbocycles. The number of carboxylic acids is 1. The van der Waals surface area contributed by atoms with Crippen LogP contribution in [0.5, 0.6) is 0 Å². The van der Waals surface area contributed by atoms with Crippen LogP contribution in [0.2, 0.25) is 0 Å². The summed E-state index contributed by atoms with van der Waals surface area (Å²) in [6, 6.07) is 13.3. The second kappa shape index (κ2) is 7.41. The first-order valence-corrected chi connectivity index (χ1v) is 7.39. The lowest BCUT2D eigenvalue weighted by atomic mass is 10.1. The molecule has 0 amide bonds. The summed E-state index contributed by atoms with van der Waals surface area (Å²) in [5.41, 5.74) is 2.58. The second-order valence-corrected chi connectivity index (χ2v) is 5.63. The Morgan fingerprint density at radius 3 is 2.78 bits per heavy atom. The summed E-state index contributed by atoms with van der Waals surface area (Å²) in [6.45, 7) is 4.48. The molecule has 0 fully saturated rings. The molecular formula is C18H19N3O2. The SMILES string of the molecule is Cc1ccc(N(Cc2cccc(C#N)c2)CC(C)C(=O)O)nc1. The van der Waals surface area contributed by atoms with Gasteiger partial charge in [0.05, 0.1) is 17.6 Å². The van der Waals surface area contributed by atoms with E-state index in [0.29, 0.717) is 18.7 Å². The van der Waals surface area contributed by atoms with Crippen LogP contribution in [0.25, 0.3) is 0 Å². The molecule has 5 nitrogen and oxygen atoms in total. The van der Waals surface area contributed by atoms with Crippen molar-refractivity contribution in [3.05, 3.63) is 59.3 Å². The van der Waals surface area contributed by atoms with Crippen molar-refractivity contribution in [1.82, 2.24) is 4.98 Å². The predicted octanol–water partition coefficient (Wildman–Crippen LogP) is 2.99. The van der Waals surface area contributed by atoms with Gasteiger partial charge in [0.25, 0.3) is 0 Å². The molecule has 0 bridgehead atoms. The summed E-state index contributed by atoms with van der Waals surface area (Å²) >= 11 is 0. The van der Waals surface area contributed by atoms with Crippen LogP contribution in [-0.2, 0) is 11.3 Å². The fraction of sp³-hybridized carbons (Fsp3) is 0.278. The number of aliphatic carboxylic acids is 1. The summed E-state index contributed by atoms with van der Waals surface area (Å²) in [4.78, 5) is 17.5. The van der Waals surface area contributed by atoms with E-state index in [9.17, 15) is 9.90 Å². The summed E-state index contributed by atoms with van der Waals surface area (Å²) in [5, 5.41) is 18.2.